The van der Waals surface area contributed by atoms with Gasteiger partial charge in [-0.2, -0.15) is 0 Å². The van der Waals surface area contributed by atoms with E-state index in [0.717, 1.165) is 12.1 Å². The number of piperazine rings is 1. The smallest absolute Gasteiger partial charge is 0.317 e. The van der Waals surface area contributed by atoms with E-state index in [0.29, 0.717) is 6.54 Å². The molecule has 2 aromatic carbocycles. The molecular formula is C21H26N2O3. The molecule has 0 saturated carbocycles. The first-order chi connectivity index (χ1) is 12.5. The van der Waals surface area contributed by atoms with Crippen molar-refractivity contribution in [3.63, 3.8) is 0 Å². The lowest BCUT2D eigenvalue weighted by Gasteiger charge is -2.47. The summed E-state index contributed by atoms with van der Waals surface area (Å²) < 4.78 is 0. The summed E-state index contributed by atoms with van der Waals surface area (Å²) in [7, 11) is 0. The maximum absolute atomic E-state index is 11.1. The van der Waals surface area contributed by atoms with Crippen molar-refractivity contribution >= 4 is 5.97 Å². The molecule has 1 aliphatic rings. The lowest BCUT2D eigenvalue weighted by atomic mass is 9.93. The fourth-order valence-electron chi connectivity index (χ4n) is 3.88. The summed E-state index contributed by atoms with van der Waals surface area (Å²) in [4.78, 5) is 15.6. The van der Waals surface area contributed by atoms with E-state index in [1.165, 1.54) is 5.56 Å². The van der Waals surface area contributed by atoms with E-state index in [-0.39, 0.29) is 30.4 Å². The van der Waals surface area contributed by atoms with E-state index in [2.05, 4.69) is 30.9 Å². The third-order valence-corrected chi connectivity index (χ3v) is 5.13. The summed E-state index contributed by atoms with van der Waals surface area (Å²) in [5.41, 5.74) is 2.21. The van der Waals surface area contributed by atoms with Crippen LogP contribution in [-0.4, -0.2) is 57.7 Å². The molecule has 2 N–H and O–H groups in total. The van der Waals surface area contributed by atoms with Crippen molar-refractivity contribution in [1.82, 2.24) is 9.80 Å². The molecule has 26 heavy (non-hydrogen) atoms. The van der Waals surface area contributed by atoms with Crippen molar-refractivity contribution in [2.24, 2.45) is 0 Å². The average molecular weight is 354 g/mol. The van der Waals surface area contributed by atoms with E-state index in [1.54, 1.807) is 6.07 Å². The summed E-state index contributed by atoms with van der Waals surface area (Å²) in [6.07, 6.45) is 0. The predicted octanol–water partition coefficient (Wildman–Crippen LogP) is 2.96. The number of benzene rings is 2. The van der Waals surface area contributed by atoms with Crippen molar-refractivity contribution in [3.05, 3.63) is 65.7 Å². The van der Waals surface area contributed by atoms with Crippen molar-refractivity contribution in [2.75, 3.05) is 19.6 Å². The fraction of sp³-hybridized carbons (Fsp3) is 0.381. The fourth-order valence-corrected chi connectivity index (χ4v) is 3.88. The first-order valence-corrected chi connectivity index (χ1v) is 9.01. The second kappa shape index (κ2) is 7.89. The Hall–Kier alpha value is -2.37. The number of aromatic hydroxyl groups is 1. The molecule has 0 amide bonds. The summed E-state index contributed by atoms with van der Waals surface area (Å²) in [6, 6.07) is 18.0. The summed E-state index contributed by atoms with van der Waals surface area (Å²) in [5, 5.41) is 19.1. The first kappa shape index (κ1) is 18.4. The van der Waals surface area contributed by atoms with Gasteiger partial charge in [0, 0.05) is 25.2 Å². The zero-order chi connectivity index (χ0) is 18.7. The van der Waals surface area contributed by atoms with Crippen molar-refractivity contribution in [2.45, 2.75) is 32.0 Å². The topological polar surface area (TPSA) is 64.0 Å². The molecule has 1 heterocycles. The average Bonchev–Trinajstić information content (AvgIpc) is 2.60. The van der Waals surface area contributed by atoms with Crippen LogP contribution in [0, 0.1) is 0 Å². The highest BCUT2D eigenvalue weighted by Gasteiger charge is 2.35. The van der Waals surface area contributed by atoms with Gasteiger partial charge in [0.15, 0.2) is 0 Å². The molecule has 5 nitrogen and oxygen atoms in total. The van der Waals surface area contributed by atoms with Gasteiger partial charge in [0.1, 0.15) is 5.75 Å². The lowest BCUT2D eigenvalue weighted by Crippen LogP contribution is -2.58. The van der Waals surface area contributed by atoms with Gasteiger partial charge in [-0.1, -0.05) is 42.5 Å². The quantitative estimate of drug-likeness (QED) is 0.864. The summed E-state index contributed by atoms with van der Waals surface area (Å²) >= 11 is 0. The third-order valence-electron chi connectivity index (χ3n) is 5.13. The Morgan fingerprint density at radius 1 is 1.04 bits per heavy atom. The number of phenols is 1. The number of carboxylic acids is 1. The highest BCUT2D eigenvalue weighted by atomic mass is 16.4. The first-order valence-electron chi connectivity index (χ1n) is 9.01. The number of carbonyl (C=O) groups is 1. The monoisotopic (exact) mass is 354 g/mol. The van der Waals surface area contributed by atoms with Crippen LogP contribution in [-0.2, 0) is 4.79 Å². The molecule has 3 unspecified atom stereocenters. The van der Waals surface area contributed by atoms with Crippen LogP contribution in [0.5, 0.6) is 5.75 Å². The van der Waals surface area contributed by atoms with Gasteiger partial charge < -0.3 is 10.2 Å². The molecule has 0 aliphatic carbocycles. The minimum absolute atomic E-state index is 0.0210. The Morgan fingerprint density at radius 3 is 2.38 bits per heavy atom. The molecule has 2 aromatic rings. The Labute approximate surface area is 154 Å². The highest BCUT2D eigenvalue weighted by Crippen LogP contribution is 2.34. The molecular weight excluding hydrogens is 328 g/mol. The molecule has 0 aromatic heterocycles. The lowest BCUT2D eigenvalue weighted by molar-refractivity contribution is -0.140. The SMILES string of the molecule is CC1CN(C(c2ccccc2)c2cccc(O)c2)C(C)CN1CC(=O)O. The van der Waals surface area contributed by atoms with Gasteiger partial charge in [-0.25, -0.2) is 0 Å². The Morgan fingerprint density at radius 2 is 1.73 bits per heavy atom. The van der Waals surface area contributed by atoms with Crippen LogP contribution < -0.4 is 0 Å². The van der Waals surface area contributed by atoms with Gasteiger partial charge in [-0.05, 0) is 37.1 Å². The molecule has 0 radical (unpaired) electrons. The number of rotatable bonds is 5. The normalized spacial score (nSPS) is 22.8. The predicted molar refractivity (Wildman–Crippen MR) is 101 cm³/mol. The van der Waals surface area contributed by atoms with Crippen molar-refractivity contribution < 1.29 is 15.0 Å². The Bertz CT molecular complexity index is 750. The molecule has 0 spiro atoms. The zero-order valence-electron chi connectivity index (χ0n) is 15.2. The molecule has 1 aliphatic heterocycles. The van der Waals surface area contributed by atoms with Crippen LogP contribution in [0.2, 0.25) is 0 Å². The molecule has 138 valence electrons. The van der Waals surface area contributed by atoms with Crippen LogP contribution in [0.3, 0.4) is 0 Å². The van der Waals surface area contributed by atoms with Gasteiger partial charge in [0.2, 0.25) is 0 Å². The second-order valence-corrected chi connectivity index (χ2v) is 7.13. The summed E-state index contributed by atoms with van der Waals surface area (Å²) in [5.74, 6) is -0.529. The van der Waals surface area contributed by atoms with Gasteiger partial charge in [-0.3, -0.25) is 14.6 Å². The van der Waals surface area contributed by atoms with E-state index in [4.69, 9.17) is 5.11 Å². The van der Waals surface area contributed by atoms with Crippen LogP contribution in [0.4, 0.5) is 0 Å². The van der Waals surface area contributed by atoms with Crippen LogP contribution in [0.1, 0.15) is 31.0 Å². The minimum Gasteiger partial charge on any atom is -0.508 e. The summed E-state index contributed by atoms with van der Waals surface area (Å²) in [6.45, 7) is 5.76. The largest absolute Gasteiger partial charge is 0.508 e. The second-order valence-electron chi connectivity index (χ2n) is 7.13. The van der Waals surface area contributed by atoms with Gasteiger partial charge >= 0.3 is 5.97 Å². The molecule has 5 heteroatoms. The highest BCUT2D eigenvalue weighted by molar-refractivity contribution is 5.69. The van der Waals surface area contributed by atoms with Gasteiger partial charge in [0.05, 0.1) is 12.6 Å². The molecule has 3 rings (SSSR count). The van der Waals surface area contributed by atoms with Crippen LogP contribution in [0.25, 0.3) is 0 Å². The number of phenolic OH excluding ortho intramolecular Hbond substituents is 1. The number of hydrogen-bond donors (Lipinski definition) is 2. The number of hydrogen-bond acceptors (Lipinski definition) is 4. The van der Waals surface area contributed by atoms with Gasteiger partial charge in [0.25, 0.3) is 0 Å². The van der Waals surface area contributed by atoms with Crippen LogP contribution in [0.15, 0.2) is 54.6 Å². The minimum atomic E-state index is -0.787. The molecule has 1 fully saturated rings. The van der Waals surface area contributed by atoms with Crippen molar-refractivity contribution in [1.29, 1.82) is 0 Å². The molecule has 0 bridgehead atoms. The zero-order valence-corrected chi connectivity index (χ0v) is 15.2. The Kier molecular flexibility index (Phi) is 5.59. The van der Waals surface area contributed by atoms with E-state index < -0.39 is 5.97 Å². The molecule has 1 saturated heterocycles. The van der Waals surface area contributed by atoms with Crippen molar-refractivity contribution in [3.8, 4) is 5.75 Å². The Balaban J connectivity index is 1.94. The van der Waals surface area contributed by atoms with Gasteiger partial charge in [-0.15, -0.1) is 0 Å². The number of carboxylic acid groups (broad SMARTS) is 1. The van der Waals surface area contributed by atoms with E-state index in [9.17, 15) is 9.90 Å². The number of aliphatic carboxylic acids is 1. The maximum atomic E-state index is 11.1. The third kappa shape index (κ3) is 4.06. The number of nitrogens with zero attached hydrogens (tertiary/aromatic N) is 2. The maximum Gasteiger partial charge on any atom is 0.317 e. The van der Waals surface area contributed by atoms with E-state index >= 15 is 0 Å². The standard InChI is InChI=1S/C21H26N2O3/c1-15-13-23(16(2)12-22(15)14-20(25)26)21(17-7-4-3-5-8-17)18-9-6-10-19(24)11-18/h3-11,15-16,21,24H,12-14H2,1-2H3,(H,25,26). The molecule has 3 atom stereocenters. The van der Waals surface area contributed by atoms with E-state index in [1.807, 2.05) is 41.3 Å². The van der Waals surface area contributed by atoms with Crippen LogP contribution >= 0.6 is 0 Å².